The fourth-order valence-corrected chi connectivity index (χ4v) is 3.39. The van der Waals surface area contributed by atoms with Crippen molar-refractivity contribution in [3.05, 3.63) is 54.1 Å². The van der Waals surface area contributed by atoms with E-state index < -0.39 is 15.9 Å². The highest BCUT2D eigenvalue weighted by Gasteiger charge is 2.22. The third kappa shape index (κ3) is 5.23. The Morgan fingerprint density at radius 3 is 2.35 bits per heavy atom. The lowest BCUT2D eigenvalue weighted by molar-refractivity contribution is -0.114. The molecule has 0 saturated carbocycles. The number of nitrogens with one attached hydrogen (secondary N) is 1. The molecular weight excluding hydrogens is 352 g/mol. The summed E-state index contributed by atoms with van der Waals surface area (Å²) in [6, 6.07) is 14.1. The fourth-order valence-electron chi connectivity index (χ4n) is 2.47. The summed E-state index contributed by atoms with van der Waals surface area (Å²) in [5, 5.41) is 2.74. The molecule has 6 nitrogen and oxygen atoms in total. The summed E-state index contributed by atoms with van der Waals surface area (Å²) in [4.78, 5) is 12.5. The molecule has 0 heterocycles. The van der Waals surface area contributed by atoms with Crippen molar-refractivity contribution in [3.63, 3.8) is 0 Å². The first kappa shape index (κ1) is 19.8. The van der Waals surface area contributed by atoms with Crippen molar-refractivity contribution in [2.75, 3.05) is 22.4 Å². The van der Waals surface area contributed by atoms with Gasteiger partial charge in [-0.3, -0.25) is 9.10 Å². The fraction of sp³-hybridized carbons (Fsp3) is 0.316. The van der Waals surface area contributed by atoms with E-state index in [2.05, 4.69) is 5.32 Å². The molecule has 0 aromatic heterocycles. The number of hydrogen-bond donors (Lipinski definition) is 1. The molecule has 0 unspecified atom stereocenters. The van der Waals surface area contributed by atoms with E-state index in [0.717, 1.165) is 16.1 Å². The molecule has 2 aromatic carbocycles. The minimum atomic E-state index is -3.62. The Morgan fingerprint density at radius 1 is 1.12 bits per heavy atom. The number of ether oxygens (including phenoxy) is 1. The molecule has 1 N–H and O–H groups in total. The number of hydrogen-bond acceptors (Lipinski definition) is 4. The number of carbonyl (C=O) groups excluding carboxylic acids is 1. The summed E-state index contributed by atoms with van der Waals surface area (Å²) >= 11 is 0. The average Bonchev–Trinajstić information content (AvgIpc) is 2.54. The molecule has 0 aliphatic heterocycles. The smallest absolute Gasteiger partial charge is 0.245 e. The first-order valence-corrected chi connectivity index (χ1v) is 10.1. The van der Waals surface area contributed by atoms with Crippen LogP contribution in [0, 0.1) is 6.92 Å². The lowest BCUT2D eigenvalue weighted by atomic mass is 10.2. The summed E-state index contributed by atoms with van der Waals surface area (Å²) in [6.07, 6.45) is 1.04. The van der Waals surface area contributed by atoms with Crippen molar-refractivity contribution in [2.24, 2.45) is 0 Å². The van der Waals surface area contributed by atoms with Gasteiger partial charge in [0.15, 0.2) is 0 Å². The largest absolute Gasteiger partial charge is 0.489 e. The lowest BCUT2D eigenvalue weighted by Crippen LogP contribution is -2.37. The first-order valence-electron chi connectivity index (χ1n) is 8.27. The Balaban J connectivity index is 2.23. The summed E-state index contributed by atoms with van der Waals surface area (Å²) in [5.41, 5.74) is 1.76. The number of rotatable bonds is 7. The number of benzene rings is 2. The number of amides is 1. The zero-order valence-corrected chi connectivity index (χ0v) is 16.2. The van der Waals surface area contributed by atoms with E-state index in [4.69, 9.17) is 4.74 Å². The molecule has 0 radical (unpaired) electrons. The van der Waals surface area contributed by atoms with Crippen molar-refractivity contribution < 1.29 is 17.9 Å². The number of aryl methyl sites for hydroxylation is 1. The first-order chi connectivity index (χ1) is 12.2. The number of nitrogens with zero attached hydrogens (tertiary/aromatic N) is 1. The van der Waals surface area contributed by atoms with Gasteiger partial charge in [0, 0.05) is 0 Å². The van der Waals surface area contributed by atoms with Gasteiger partial charge >= 0.3 is 0 Å². The average molecular weight is 376 g/mol. The second-order valence-electron chi connectivity index (χ2n) is 6.27. The van der Waals surface area contributed by atoms with Crippen LogP contribution in [0.15, 0.2) is 48.5 Å². The van der Waals surface area contributed by atoms with Gasteiger partial charge < -0.3 is 10.1 Å². The third-order valence-corrected chi connectivity index (χ3v) is 4.72. The maximum Gasteiger partial charge on any atom is 0.245 e. The number of sulfonamides is 1. The molecule has 1 amide bonds. The number of para-hydroxylation sites is 3. The molecular formula is C19H24N2O4S. The summed E-state index contributed by atoms with van der Waals surface area (Å²) in [6.45, 7) is 5.27. The van der Waals surface area contributed by atoms with Crippen LogP contribution in [0.1, 0.15) is 19.4 Å². The SMILES string of the molecule is Cc1ccccc1N(CC(=O)Nc1ccccc1OC(C)C)S(C)(=O)=O. The van der Waals surface area contributed by atoms with Gasteiger partial charge in [-0.15, -0.1) is 0 Å². The zero-order valence-electron chi connectivity index (χ0n) is 15.4. The van der Waals surface area contributed by atoms with Crippen LogP contribution in [-0.4, -0.2) is 33.2 Å². The van der Waals surface area contributed by atoms with Crippen LogP contribution in [0.4, 0.5) is 11.4 Å². The second-order valence-corrected chi connectivity index (χ2v) is 8.17. The van der Waals surface area contributed by atoms with Crippen LogP contribution in [0.2, 0.25) is 0 Å². The molecule has 2 rings (SSSR count). The van der Waals surface area contributed by atoms with Crippen LogP contribution in [-0.2, 0) is 14.8 Å². The highest BCUT2D eigenvalue weighted by atomic mass is 32.2. The van der Waals surface area contributed by atoms with Crippen LogP contribution in [0.5, 0.6) is 5.75 Å². The molecule has 26 heavy (non-hydrogen) atoms. The van der Waals surface area contributed by atoms with Gasteiger partial charge in [-0.25, -0.2) is 8.42 Å². The van der Waals surface area contributed by atoms with E-state index in [0.29, 0.717) is 17.1 Å². The Bertz CT molecular complexity index is 879. The van der Waals surface area contributed by atoms with Crippen molar-refractivity contribution in [2.45, 2.75) is 26.9 Å². The Hall–Kier alpha value is -2.54. The minimum absolute atomic E-state index is 0.0486. The van der Waals surface area contributed by atoms with Gasteiger partial charge in [0.1, 0.15) is 12.3 Å². The van der Waals surface area contributed by atoms with Crippen molar-refractivity contribution in [1.82, 2.24) is 0 Å². The van der Waals surface area contributed by atoms with Gasteiger partial charge in [0.05, 0.1) is 23.7 Å². The quantitative estimate of drug-likeness (QED) is 0.805. The molecule has 0 saturated heterocycles. The van der Waals surface area contributed by atoms with E-state index in [1.54, 1.807) is 43.3 Å². The van der Waals surface area contributed by atoms with Crippen molar-refractivity contribution in [1.29, 1.82) is 0 Å². The zero-order chi connectivity index (χ0) is 19.3. The maximum absolute atomic E-state index is 12.5. The topological polar surface area (TPSA) is 75.7 Å². The molecule has 0 aliphatic rings. The van der Waals surface area contributed by atoms with Crippen LogP contribution < -0.4 is 14.4 Å². The summed E-state index contributed by atoms with van der Waals surface area (Å²) in [7, 11) is -3.62. The highest BCUT2D eigenvalue weighted by Crippen LogP contribution is 2.26. The van der Waals surface area contributed by atoms with Crippen LogP contribution in [0.3, 0.4) is 0 Å². The molecule has 0 spiro atoms. The Labute approximate surface area is 154 Å². The van der Waals surface area contributed by atoms with E-state index >= 15 is 0 Å². The van der Waals surface area contributed by atoms with Crippen LogP contribution in [0.25, 0.3) is 0 Å². The van der Waals surface area contributed by atoms with Crippen molar-refractivity contribution >= 4 is 27.3 Å². The summed E-state index contributed by atoms with van der Waals surface area (Å²) < 4.78 is 31.2. The molecule has 0 bridgehead atoms. The molecule has 0 fully saturated rings. The minimum Gasteiger partial charge on any atom is -0.489 e. The predicted molar refractivity (Wildman–Crippen MR) is 104 cm³/mol. The normalized spacial score (nSPS) is 11.3. The maximum atomic E-state index is 12.5. The van der Waals surface area contributed by atoms with Crippen LogP contribution >= 0.6 is 0 Å². The summed E-state index contributed by atoms with van der Waals surface area (Å²) in [5.74, 6) is 0.0936. The van der Waals surface area contributed by atoms with Gasteiger partial charge in [0.25, 0.3) is 0 Å². The van der Waals surface area contributed by atoms with E-state index in [-0.39, 0.29) is 12.6 Å². The van der Waals surface area contributed by atoms with E-state index in [9.17, 15) is 13.2 Å². The molecule has 0 atom stereocenters. The van der Waals surface area contributed by atoms with Gasteiger partial charge in [-0.2, -0.15) is 0 Å². The standard InChI is InChI=1S/C19H24N2O4S/c1-14(2)25-18-12-8-6-10-16(18)20-19(22)13-21(26(4,23)24)17-11-7-5-9-15(17)3/h5-12,14H,13H2,1-4H3,(H,20,22). The number of carbonyl (C=O) groups is 1. The van der Waals surface area contributed by atoms with E-state index in [1.165, 1.54) is 0 Å². The van der Waals surface area contributed by atoms with Gasteiger partial charge in [-0.05, 0) is 44.5 Å². The Kier molecular flexibility index (Phi) is 6.26. The molecule has 7 heteroatoms. The molecule has 2 aromatic rings. The monoisotopic (exact) mass is 376 g/mol. The van der Waals surface area contributed by atoms with Gasteiger partial charge in [-0.1, -0.05) is 30.3 Å². The Morgan fingerprint density at radius 2 is 1.73 bits per heavy atom. The van der Waals surface area contributed by atoms with Crippen molar-refractivity contribution in [3.8, 4) is 5.75 Å². The predicted octanol–water partition coefficient (Wildman–Crippen LogP) is 3.19. The second kappa shape index (κ2) is 8.23. The lowest BCUT2D eigenvalue weighted by Gasteiger charge is -2.24. The number of anilines is 2. The third-order valence-electron chi connectivity index (χ3n) is 3.60. The highest BCUT2D eigenvalue weighted by molar-refractivity contribution is 7.92. The molecule has 0 aliphatic carbocycles. The van der Waals surface area contributed by atoms with E-state index in [1.807, 2.05) is 26.0 Å². The van der Waals surface area contributed by atoms with Gasteiger partial charge in [0.2, 0.25) is 15.9 Å². The molecule has 140 valence electrons.